The monoisotopic (exact) mass is 328 g/mol. The maximum atomic E-state index is 12.1. The van der Waals surface area contributed by atoms with Gasteiger partial charge in [0.05, 0.1) is 24.7 Å². The average molecular weight is 328 g/mol. The van der Waals surface area contributed by atoms with Crippen LogP contribution in [0.5, 0.6) is 5.75 Å². The minimum Gasteiger partial charge on any atom is -0.494 e. The van der Waals surface area contributed by atoms with Gasteiger partial charge in [0.15, 0.2) is 5.82 Å². The van der Waals surface area contributed by atoms with Crippen molar-refractivity contribution in [1.82, 2.24) is 30.4 Å². The molecule has 0 saturated carbocycles. The minimum atomic E-state index is -0.385. The number of aromatic nitrogens is 6. The lowest BCUT2D eigenvalue weighted by Gasteiger charge is -2.12. The molecule has 10 nitrogen and oxygen atoms in total. The topological polar surface area (TPSA) is 123 Å². The predicted octanol–water partition coefficient (Wildman–Crippen LogP) is 1.65. The third kappa shape index (κ3) is 3.02. The third-order valence-corrected chi connectivity index (χ3v) is 3.37. The van der Waals surface area contributed by atoms with E-state index in [1.807, 2.05) is 6.92 Å². The van der Waals surface area contributed by atoms with E-state index in [1.165, 1.54) is 4.68 Å². The van der Waals surface area contributed by atoms with Crippen LogP contribution >= 0.6 is 0 Å². The number of benzene rings is 1. The number of urea groups is 1. The van der Waals surface area contributed by atoms with Crippen molar-refractivity contribution in [2.24, 2.45) is 0 Å². The van der Waals surface area contributed by atoms with E-state index in [4.69, 9.17) is 4.74 Å². The molecule has 1 aromatic carbocycles. The zero-order chi connectivity index (χ0) is 17.1. The molecule has 2 heterocycles. The van der Waals surface area contributed by atoms with Crippen LogP contribution in [0.4, 0.5) is 16.2 Å². The third-order valence-electron chi connectivity index (χ3n) is 3.37. The molecule has 0 saturated heterocycles. The molecule has 124 valence electrons. The fourth-order valence-electron chi connectivity index (χ4n) is 2.15. The molecule has 0 aliphatic heterocycles. The van der Waals surface area contributed by atoms with Crippen LogP contribution in [0.3, 0.4) is 0 Å². The van der Waals surface area contributed by atoms with Gasteiger partial charge >= 0.3 is 6.03 Å². The van der Waals surface area contributed by atoms with Gasteiger partial charge in [-0.3, -0.25) is 5.10 Å². The first-order valence-corrected chi connectivity index (χ1v) is 7.10. The fraction of sp³-hybridized carbons (Fsp3) is 0.214. The number of ether oxygens (including phenoxy) is 1. The van der Waals surface area contributed by atoms with Crippen molar-refractivity contribution < 1.29 is 9.53 Å². The van der Waals surface area contributed by atoms with Gasteiger partial charge in [-0.15, -0.1) is 5.10 Å². The molecular formula is C14H16N8O2. The molecular weight excluding hydrogens is 312 g/mol. The zero-order valence-corrected chi connectivity index (χ0v) is 13.4. The van der Waals surface area contributed by atoms with Crippen molar-refractivity contribution >= 4 is 17.4 Å². The molecule has 10 heteroatoms. The molecule has 0 aliphatic carbocycles. The first-order valence-electron chi connectivity index (χ1n) is 7.10. The molecule has 2 aromatic heterocycles. The smallest absolute Gasteiger partial charge is 0.323 e. The summed E-state index contributed by atoms with van der Waals surface area (Å²) in [6.07, 6.45) is 1.54. The highest BCUT2D eigenvalue weighted by Gasteiger charge is 2.13. The average Bonchev–Trinajstić information content (AvgIpc) is 3.16. The van der Waals surface area contributed by atoms with E-state index in [-0.39, 0.29) is 6.03 Å². The first kappa shape index (κ1) is 15.5. The summed E-state index contributed by atoms with van der Waals surface area (Å²) < 4.78 is 6.86. The standard InChI is InChI=1S/C14H16N8O2/c1-8-11(7-15-18-8)17-14(23)16-10-4-5-13(24-3)12(6-10)22-9(2)19-20-21-22/h4-7H,1-3H3,(H,15,18)(H2,16,17,23). The molecule has 0 radical (unpaired) electrons. The highest BCUT2D eigenvalue weighted by atomic mass is 16.5. The van der Waals surface area contributed by atoms with Gasteiger partial charge in [0.25, 0.3) is 0 Å². The van der Waals surface area contributed by atoms with Crippen molar-refractivity contribution in [1.29, 1.82) is 0 Å². The van der Waals surface area contributed by atoms with Crippen LogP contribution in [0.25, 0.3) is 5.69 Å². The van der Waals surface area contributed by atoms with E-state index >= 15 is 0 Å². The summed E-state index contributed by atoms with van der Waals surface area (Å²) in [6, 6.07) is 4.80. The van der Waals surface area contributed by atoms with Gasteiger partial charge in [-0.25, -0.2) is 4.79 Å². The molecule has 0 aliphatic rings. The second kappa shape index (κ2) is 6.36. The lowest BCUT2D eigenvalue weighted by atomic mass is 10.2. The molecule has 0 fully saturated rings. The minimum absolute atomic E-state index is 0.385. The van der Waals surface area contributed by atoms with Crippen LogP contribution in [0, 0.1) is 13.8 Å². The molecule has 2 amide bonds. The van der Waals surface area contributed by atoms with E-state index in [9.17, 15) is 4.79 Å². The lowest BCUT2D eigenvalue weighted by Crippen LogP contribution is -2.19. The summed E-state index contributed by atoms with van der Waals surface area (Å²) in [5, 5.41) is 23.5. The number of nitrogens with zero attached hydrogens (tertiary/aromatic N) is 5. The molecule has 0 unspecified atom stereocenters. The lowest BCUT2D eigenvalue weighted by molar-refractivity contribution is 0.262. The van der Waals surface area contributed by atoms with E-state index in [0.29, 0.717) is 28.6 Å². The Hall–Kier alpha value is -3.43. The summed E-state index contributed by atoms with van der Waals surface area (Å²) in [7, 11) is 1.56. The van der Waals surface area contributed by atoms with Gasteiger partial charge in [-0.1, -0.05) is 0 Å². The molecule has 3 N–H and O–H groups in total. The maximum Gasteiger partial charge on any atom is 0.323 e. The van der Waals surface area contributed by atoms with Gasteiger partial charge in [0, 0.05) is 5.69 Å². The van der Waals surface area contributed by atoms with Gasteiger partial charge in [0.2, 0.25) is 0 Å². The molecule has 3 aromatic rings. The number of anilines is 2. The number of carbonyl (C=O) groups is 1. The molecule has 24 heavy (non-hydrogen) atoms. The highest BCUT2D eigenvalue weighted by molar-refractivity contribution is 6.00. The van der Waals surface area contributed by atoms with E-state index < -0.39 is 0 Å². The summed E-state index contributed by atoms with van der Waals surface area (Å²) in [4.78, 5) is 12.1. The Bertz CT molecular complexity index is 869. The van der Waals surface area contributed by atoms with Crippen molar-refractivity contribution in [2.45, 2.75) is 13.8 Å². The Morgan fingerprint density at radius 3 is 2.75 bits per heavy atom. The highest BCUT2D eigenvalue weighted by Crippen LogP contribution is 2.26. The Morgan fingerprint density at radius 2 is 2.12 bits per heavy atom. The van der Waals surface area contributed by atoms with Gasteiger partial charge in [0.1, 0.15) is 11.4 Å². The number of carbonyl (C=O) groups excluding carboxylic acids is 1. The van der Waals surface area contributed by atoms with E-state index in [1.54, 1.807) is 38.4 Å². The number of H-pyrrole nitrogens is 1. The Morgan fingerprint density at radius 1 is 1.29 bits per heavy atom. The SMILES string of the molecule is COc1ccc(NC(=O)Nc2cn[nH]c2C)cc1-n1nnnc1C. The molecule has 3 rings (SSSR count). The number of amides is 2. The largest absolute Gasteiger partial charge is 0.494 e. The molecule has 0 bridgehead atoms. The predicted molar refractivity (Wildman–Crippen MR) is 86.4 cm³/mol. The van der Waals surface area contributed by atoms with Crippen LogP contribution in [-0.2, 0) is 0 Å². The molecule has 0 atom stereocenters. The fourth-order valence-corrected chi connectivity index (χ4v) is 2.15. The summed E-state index contributed by atoms with van der Waals surface area (Å²) in [5.74, 6) is 1.19. The number of methoxy groups -OCH3 is 1. The first-order chi connectivity index (χ1) is 11.6. The second-order valence-corrected chi connectivity index (χ2v) is 5.01. The van der Waals surface area contributed by atoms with Crippen molar-refractivity contribution in [2.75, 3.05) is 17.7 Å². The number of hydrogen-bond donors (Lipinski definition) is 3. The number of nitrogens with one attached hydrogen (secondary N) is 3. The number of rotatable bonds is 4. The number of hydrogen-bond acceptors (Lipinski definition) is 6. The van der Waals surface area contributed by atoms with Crippen LogP contribution in [0.2, 0.25) is 0 Å². The van der Waals surface area contributed by atoms with Gasteiger partial charge in [-0.05, 0) is 42.5 Å². The van der Waals surface area contributed by atoms with Crippen LogP contribution < -0.4 is 15.4 Å². The van der Waals surface area contributed by atoms with Crippen LogP contribution in [0.15, 0.2) is 24.4 Å². The van der Waals surface area contributed by atoms with E-state index in [2.05, 4.69) is 36.4 Å². The van der Waals surface area contributed by atoms with Gasteiger partial charge < -0.3 is 15.4 Å². The Kier molecular flexibility index (Phi) is 4.10. The Balaban J connectivity index is 1.83. The zero-order valence-electron chi connectivity index (χ0n) is 13.4. The normalized spacial score (nSPS) is 10.5. The van der Waals surface area contributed by atoms with Crippen molar-refractivity contribution in [3.8, 4) is 11.4 Å². The van der Waals surface area contributed by atoms with Gasteiger partial charge in [-0.2, -0.15) is 9.78 Å². The quantitative estimate of drug-likeness (QED) is 0.669. The second-order valence-electron chi connectivity index (χ2n) is 5.01. The number of aryl methyl sites for hydroxylation is 2. The molecule has 0 spiro atoms. The maximum absolute atomic E-state index is 12.1. The number of tetrazole rings is 1. The van der Waals surface area contributed by atoms with Crippen LogP contribution in [-0.4, -0.2) is 43.5 Å². The summed E-state index contributed by atoms with van der Waals surface area (Å²) in [6.45, 7) is 3.59. The van der Waals surface area contributed by atoms with Crippen molar-refractivity contribution in [3.63, 3.8) is 0 Å². The van der Waals surface area contributed by atoms with Crippen molar-refractivity contribution in [3.05, 3.63) is 35.9 Å². The summed E-state index contributed by atoms with van der Waals surface area (Å²) >= 11 is 0. The summed E-state index contributed by atoms with van der Waals surface area (Å²) in [5.41, 5.74) is 2.57. The Labute approximate surface area is 137 Å². The van der Waals surface area contributed by atoms with E-state index in [0.717, 1.165) is 5.69 Å². The van der Waals surface area contributed by atoms with Crippen LogP contribution in [0.1, 0.15) is 11.5 Å². The number of aromatic amines is 1.